The first-order chi connectivity index (χ1) is 14.6. The second-order valence-electron chi connectivity index (χ2n) is 6.97. The molecule has 2 atom stereocenters. The standard InChI is InChI=1S/C24H26O5S/c1-28-24(26)16-29-23-14-6-12-20-18(10-5-13-21(20)23)11-7-15-30(27)17-22(25)19-8-3-2-4-9-19/h2-6,8-10,12-14,22,25H,7,11,15-17H2,1H3. The molecular formula is C24H26O5S. The molecule has 0 heterocycles. The van der Waals surface area contributed by atoms with Crippen LogP contribution < -0.4 is 4.74 Å². The smallest absolute Gasteiger partial charge is 0.343 e. The van der Waals surface area contributed by atoms with Crippen molar-refractivity contribution in [2.45, 2.75) is 18.9 Å². The second kappa shape index (κ2) is 11.0. The maximum absolute atomic E-state index is 12.4. The van der Waals surface area contributed by atoms with Gasteiger partial charge in [-0.1, -0.05) is 71.8 Å². The molecule has 0 saturated heterocycles. The van der Waals surface area contributed by atoms with Crippen molar-refractivity contribution in [2.24, 2.45) is 0 Å². The number of carbonyl (C=O) groups is 1. The Morgan fingerprint density at radius 3 is 2.53 bits per heavy atom. The first kappa shape index (κ1) is 22.2. The van der Waals surface area contributed by atoms with Gasteiger partial charge >= 0.3 is 5.97 Å². The Labute approximate surface area is 179 Å². The van der Waals surface area contributed by atoms with E-state index >= 15 is 0 Å². The molecular weight excluding hydrogens is 400 g/mol. The molecule has 5 nitrogen and oxygen atoms in total. The number of methoxy groups -OCH3 is 1. The van der Waals surface area contributed by atoms with Gasteiger partial charge in [0.25, 0.3) is 0 Å². The van der Waals surface area contributed by atoms with Gasteiger partial charge < -0.3 is 19.1 Å². The van der Waals surface area contributed by atoms with Gasteiger partial charge in [0.05, 0.1) is 7.11 Å². The Kier molecular flexibility index (Phi) is 8.13. The SMILES string of the molecule is COC(=O)COc1cccc2c(CCC[S+]([O-])CC(O)c3ccccc3)cccc12. The van der Waals surface area contributed by atoms with Crippen molar-refractivity contribution in [3.05, 3.63) is 77.9 Å². The number of benzene rings is 3. The molecule has 6 heteroatoms. The van der Waals surface area contributed by atoms with Crippen LogP contribution in [0.3, 0.4) is 0 Å². The molecule has 0 spiro atoms. The van der Waals surface area contributed by atoms with Gasteiger partial charge in [-0.2, -0.15) is 0 Å². The Morgan fingerprint density at radius 1 is 1.03 bits per heavy atom. The average molecular weight is 427 g/mol. The maximum Gasteiger partial charge on any atom is 0.343 e. The van der Waals surface area contributed by atoms with E-state index in [-0.39, 0.29) is 12.4 Å². The van der Waals surface area contributed by atoms with E-state index in [1.165, 1.54) is 7.11 Å². The van der Waals surface area contributed by atoms with Crippen LogP contribution >= 0.6 is 0 Å². The highest BCUT2D eigenvalue weighted by Gasteiger charge is 2.16. The minimum Gasteiger partial charge on any atom is -0.616 e. The lowest BCUT2D eigenvalue weighted by Gasteiger charge is -2.16. The highest BCUT2D eigenvalue weighted by atomic mass is 32.2. The van der Waals surface area contributed by atoms with Crippen molar-refractivity contribution in [2.75, 3.05) is 25.2 Å². The van der Waals surface area contributed by atoms with E-state index in [9.17, 15) is 14.5 Å². The molecule has 0 aromatic heterocycles. The topological polar surface area (TPSA) is 78.8 Å². The van der Waals surface area contributed by atoms with E-state index < -0.39 is 23.2 Å². The Balaban J connectivity index is 1.58. The molecule has 2 unspecified atom stereocenters. The molecule has 0 fully saturated rings. The van der Waals surface area contributed by atoms with Gasteiger partial charge in [-0.05, 0) is 35.4 Å². The summed E-state index contributed by atoms with van der Waals surface area (Å²) in [7, 11) is 1.33. The number of hydrogen-bond donors (Lipinski definition) is 1. The van der Waals surface area contributed by atoms with Crippen molar-refractivity contribution in [1.29, 1.82) is 0 Å². The lowest BCUT2D eigenvalue weighted by atomic mass is 10.0. The molecule has 0 radical (unpaired) electrons. The van der Waals surface area contributed by atoms with Crippen LogP contribution in [-0.4, -0.2) is 40.9 Å². The van der Waals surface area contributed by atoms with Crippen LogP contribution in [0.15, 0.2) is 66.7 Å². The summed E-state index contributed by atoms with van der Waals surface area (Å²) in [6.07, 6.45) is 0.810. The first-order valence-corrected chi connectivity index (χ1v) is 11.4. The molecule has 3 aromatic carbocycles. The number of hydrogen-bond acceptors (Lipinski definition) is 5. The predicted molar refractivity (Wildman–Crippen MR) is 119 cm³/mol. The van der Waals surface area contributed by atoms with E-state index in [1.54, 1.807) is 0 Å². The van der Waals surface area contributed by atoms with Gasteiger partial charge in [-0.15, -0.1) is 0 Å². The molecule has 0 aliphatic carbocycles. The third kappa shape index (κ3) is 5.98. The third-order valence-corrected chi connectivity index (χ3v) is 6.32. The van der Waals surface area contributed by atoms with E-state index in [0.717, 1.165) is 34.7 Å². The number of aliphatic hydroxyl groups is 1. The highest BCUT2D eigenvalue weighted by molar-refractivity contribution is 7.91. The molecule has 0 saturated carbocycles. The summed E-state index contributed by atoms with van der Waals surface area (Å²) >= 11 is -1.10. The number of aryl methyl sites for hydroxylation is 1. The van der Waals surface area contributed by atoms with Gasteiger partial charge in [-0.3, -0.25) is 0 Å². The molecule has 0 aliphatic heterocycles. The summed E-state index contributed by atoms with van der Waals surface area (Å²) < 4.78 is 22.6. The van der Waals surface area contributed by atoms with Gasteiger partial charge in [0, 0.05) is 5.39 Å². The third-order valence-electron chi connectivity index (χ3n) is 4.89. The van der Waals surface area contributed by atoms with E-state index in [0.29, 0.717) is 11.5 Å². The van der Waals surface area contributed by atoms with Crippen molar-refractivity contribution in [3.63, 3.8) is 0 Å². The lowest BCUT2D eigenvalue weighted by Crippen LogP contribution is -2.18. The van der Waals surface area contributed by atoms with Gasteiger partial charge in [0.15, 0.2) is 6.61 Å². The number of ether oxygens (including phenoxy) is 2. The van der Waals surface area contributed by atoms with Crippen molar-refractivity contribution in [3.8, 4) is 5.75 Å². The monoisotopic (exact) mass is 426 g/mol. The summed E-state index contributed by atoms with van der Waals surface area (Å²) in [4.78, 5) is 11.4. The van der Waals surface area contributed by atoms with Crippen molar-refractivity contribution < 1.29 is 23.9 Å². The molecule has 1 N–H and O–H groups in total. The summed E-state index contributed by atoms with van der Waals surface area (Å²) in [5.74, 6) is 0.974. The van der Waals surface area contributed by atoms with Crippen LogP contribution in [0.4, 0.5) is 0 Å². The minimum atomic E-state index is -1.10. The molecule has 0 bridgehead atoms. The zero-order valence-corrected chi connectivity index (χ0v) is 17.8. The normalized spacial score (nSPS) is 13.0. The largest absolute Gasteiger partial charge is 0.616 e. The lowest BCUT2D eigenvalue weighted by molar-refractivity contribution is -0.142. The van der Waals surface area contributed by atoms with Gasteiger partial charge in [0.1, 0.15) is 23.4 Å². The van der Waals surface area contributed by atoms with Crippen LogP contribution in [-0.2, 0) is 27.1 Å². The molecule has 158 valence electrons. The van der Waals surface area contributed by atoms with Crippen LogP contribution in [0.5, 0.6) is 5.75 Å². The fourth-order valence-electron chi connectivity index (χ4n) is 3.34. The number of aliphatic hydroxyl groups excluding tert-OH is 1. The number of carbonyl (C=O) groups excluding carboxylic acids is 1. The van der Waals surface area contributed by atoms with Crippen LogP contribution in [0.25, 0.3) is 10.8 Å². The average Bonchev–Trinajstić information content (AvgIpc) is 2.78. The molecule has 30 heavy (non-hydrogen) atoms. The molecule has 3 rings (SSSR count). The fourth-order valence-corrected chi connectivity index (χ4v) is 4.52. The minimum absolute atomic E-state index is 0.136. The Bertz CT molecular complexity index is 960. The summed E-state index contributed by atoms with van der Waals surface area (Å²) in [6, 6.07) is 21.0. The Morgan fingerprint density at radius 2 is 1.77 bits per heavy atom. The van der Waals surface area contributed by atoms with Crippen molar-refractivity contribution in [1.82, 2.24) is 0 Å². The van der Waals surface area contributed by atoms with E-state index in [2.05, 4.69) is 4.74 Å². The highest BCUT2D eigenvalue weighted by Crippen LogP contribution is 2.29. The first-order valence-electron chi connectivity index (χ1n) is 9.86. The fraction of sp³-hybridized carbons (Fsp3) is 0.292. The van der Waals surface area contributed by atoms with Crippen LogP contribution in [0, 0.1) is 0 Å². The molecule has 3 aromatic rings. The molecule has 0 aliphatic rings. The maximum atomic E-state index is 12.4. The summed E-state index contributed by atoms with van der Waals surface area (Å²) in [6.45, 7) is -0.136. The van der Waals surface area contributed by atoms with Crippen LogP contribution in [0.1, 0.15) is 23.7 Å². The zero-order valence-electron chi connectivity index (χ0n) is 17.0. The molecule has 0 amide bonds. The number of rotatable bonds is 10. The summed E-state index contributed by atoms with van der Waals surface area (Å²) in [5.41, 5.74) is 1.93. The van der Waals surface area contributed by atoms with Crippen molar-refractivity contribution >= 4 is 27.9 Å². The predicted octanol–water partition coefficient (Wildman–Crippen LogP) is 3.81. The van der Waals surface area contributed by atoms with E-state index in [4.69, 9.17) is 4.74 Å². The zero-order chi connectivity index (χ0) is 21.3. The number of esters is 1. The van der Waals surface area contributed by atoms with Gasteiger partial charge in [-0.25, -0.2) is 4.79 Å². The van der Waals surface area contributed by atoms with E-state index in [1.807, 2.05) is 66.7 Å². The number of fused-ring (bicyclic) bond motifs is 1. The second-order valence-corrected chi connectivity index (χ2v) is 8.60. The van der Waals surface area contributed by atoms with Gasteiger partial charge in [0.2, 0.25) is 0 Å². The Hall–Kier alpha value is -2.54. The quantitative estimate of drug-likeness (QED) is 0.394. The van der Waals surface area contributed by atoms with Crippen LogP contribution in [0.2, 0.25) is 0 Å². The summed E-state index contributed by atoms with van der Waals surface area (Å²) in [5, 5.41) is 12.2.